The highest BCUT2D eigenvalue weighted by molar-refractivity contribution is 5.94. The van der Waals surface area contributed by atoms with Gasteiger partial charge in [-0.15, -0.1) is 5.10 Å². The summed E-state index contributed by atoms with van der Waals surface area (Å²) < 4.78 is 6.96. The van der Waals surface area contributed by atoms with Crippen molar-refractivity contribution in [3.8, 4) is 5.69 Å². The Morgan fingerprint density at radius 3 is 2.36 bits per heavy atom. The van der Waals surface area contributed by atoms with Crippen molar-refractivity contribution >= 4 is 17.9 Å². The Labute approximate surface area is 247 Å². The smallest absolute Gasteiger partial charge is 0.407 e. The number of amides is 3. The van der Waals surface area contributed by atoms with Gasteiger partial charge in [-0.1, -0.05) is 37.3 Å². The molecule has 2 atom stereocenters. The van der Waals surface area contributed by atoms with E-state index in [1.54, 1.807) is 16.7 Å². The number of likely N-dealkylation sites (tertiary alicyclic amines) is 1. The van der Waals surface area contributed by atoms with Crippen LogP contribution in [0.25, 0.3) is 5.69 Å². The molecule has 0 saturated carbocycles. The number of rotatable bonds is 11. The monoisotopic (exact) mass is 580 g/mol. The normalized spacial score (nSPS) is 23.5. The highest BCUT2D eigenvalue weighted by Crippen LogP contribution is 2.39. The van der Waals surface area contributed by atoms with Crippen molar-refractivity contribution < 1.29 is 24.2 Å². The van der Waals surface area contributed by atoms with E-state index >= 15 is 0 Å². The van der Waals surface area contributed by atoms with Gasteiger partial charge in [-0.2, -0.15) is 0 Å². The van der Waals surface area contributed by atoms with Crippen molar-refractivity contribution in [3.05, 3.63) is 41.7 Å². The number of para-hydroxylation sites is 1. The summed E-state index contributed by atoms with van der Waals surface area (Å²) in [5, 5.41) is 18.8. The average Bonchev–Trinajstić information content (AvgIpc) is 3.72. The number of carbonyl (C=O) groups is 3. The summed E-state index contributed by atoms with van der Waals surface area (Å²) in [6.07, 6.45) is 5.69. The summed E-state index contributed by atoms with van der Waals surface area (Å²) in [7, 11) is 1.67. The summed E-state index contributed by atoms with van der Waals surface area (Å²) in [5.74, 6) is -0.567. The summed E-state index contributed by atoms with van der Waals surface area (Å²) in [6.45, 7) is 5.45. The van der Waals surface area contributed by atoms with Crippen LogP contribution in [0.5, 0.6) is 0 Å². The number of unbranched alkanes of at least 4 members (excludes halogenated alkanes) is 1. The maximum Gasteiger partial charge on any atom is 0.407 e. The van der Waals surface area contributed by atoms with E-state index in [1.165, 1.54) is 4.90 Å². The molecule has 11 nitrogen and oxygen atoms in total. The Morgan fingerprint density at radius 2 is 1.74 bits per heavy atom. The minimum Gasteiger partial charge on any atom is -0.465 e. The van der Waals surface area contributed by atoms with Gasteiger partial charge < -0.3 is 24.5 Å². The lowest BCUT2D eigenvalue weighted by Crippen LogP contribution is -2.57. The van der Waals surface area contributed by atoms with E-state index in [0.29, 0.717) is 26.0 Å². The van der Waals surface area contributed by atoms with Crippen LogP contribution in [0.2, 0.25) is 0 Å². The van der Waals surface area contributed by atoms with Crippen LogP contribution in [-0.4, -0.2) is 104 Å². The molecular formula is C31H44N6O5. The Kier molecular flexibility index (Phi) is 9.45. The van der Waals surface area contributed by atoms with Crippen LogP contribution < -0.4 is 0 Å². The minimum absolute atomic E-state index is 0.0433. The standard InChI is InChI=1S/C31H44N6O5/c1-21(2)18-35(26-17-22(19-34(20-26)31(40)41)29(38)36-23-12-13-24(36)15-14-23)30(39)28-27(11-7-8-16-42-3)37(33-32-28)25-9-5-4-6-10-25/h4-6,9-10,21-24,26H,7-8,11-20H2,1-3H3,(H,40,41)/t22-,23?,24?,26+/m1/s1. The molecular weight excluding hydrogens is 536 g/mol. The van der Waals surface area contributed by atoms with Crippen molar-refractivity contribution in [3.63, 3.8) is 0 Å². The van der Waals surface area contributed by atoms with Crippen LogP contribution in [0.3, 0.4) is 0 Å². The quantitative estimate of drug-likeness (QED) is 0.401. The SMILES string of the molecule is COCCCCc1c(C(=O)N(CC(C)C)[C@H]2C[C@@H](C(=O)N3C4CCC3CC4)CN(C(=O)O)C2)nnn1-c1ccccc1. The molecule has 2 bridgehead atoms. The number of nitrogens with zero attached hydrogens (tertiary/aromatic N) is 6. The van der Waals surface area contributed by atoms with E-state index in [0.717, 1.165) is 49.9 Å². The number of aromatic nitrogens is 3. The topological polar surface area (TPSA) is 121 Å². The molecule has 3 saturated heterocycles. The zero-order valence-corrected chi connectivity index (χ0v) is 25.0. The lowest BCUT2D eigenvalue weighted by atomic mass is 9.91. The molecule has 3 fully saturated rings. The van der Waals surface area contributed by atoms with Gasteiger partial charge in [0.15, 0.2) is 5.69 Å². The first-order valence-corrected chi connectivity index (χ1v) is 15.4. The highest BCUT2D eigenvalue weighted by atomic mass is 16.5. The number of piperidine rings is 1. The fraction of sp³-hybridized carbons (Fsp3) is 0.645. The second-order valence-corrected chi connectivity index (χ2v) is 12.4. The van der Waals surface area contributed by atoms with E-state index in [-0.39, 0.29) is 48.6 Å². The van der Waals surface area contributed by atoms with Crippen molar-refractivity contribution in [2.24, 2.45) is 11.8 Å². The molecule has 0 aliphatic carbocycles. The Morgan fingerprint density at radius 1 is 1.05 bits per heavy atom. The zero-order chi connectivity index (χ0) is 29.8. The number of fused-ring (bicyclic) bond motifs is 2. The van der Waals surface area contributed by atoms with E-state index in [4.69, 9.17) is 4.74 Å². The maximum atomic E-state index is 14.4. The Bertz CT molecular complexity index is 1230. The van der Waals surface area contributed by atoms with E-state index in [9.17, 15) is 19.5 Å². The predicted molar refractivity (Wildman–Crippen MR) is 156 cm³/mol. The number of ether oxygens (including phenoxy) is 1. The van der Waals surface area contributed by atoms with Gasteiger partial charge in [0.25, 0.3) is 5.91 Å². The van der Waals surface area contributed by atoms with Crippen LogP contribution in [0.15, 0.2) is 30.3 Å². The molecule has 228 valence electrons. The van der Waals surface area contributed by atoms with Gasteiger partial charge in [0.1, 0.15) is 0 Å². The van der Waals surface area contributed by atoms with E-state index in [2.05, 4.69) is 10.3 Å². The van der Waals surface area contributed by atoms with Gasteiger partial charge in [0.2, 0.25) is 5.91 Å². The number of carboxylic acid groups (broad SMARTS) is 1. The summed E-state index contributed by atoms with van der Waals surface area (Å²) in [6, 6.07) is 9.73. The third-order valence-corrected chi connectivity index (χ3v) is 9.00. The van der Waals surface area contributed by atoms with Crippen molar-refractivity contribution in [2.45, 2.75) is 83.3 Å². The molecule has 11 heteroatoms. The predicted octanol–water partition coefficient (Wildman–Crippen LogP) is 3.86. The largest absolute Gasteiger partial charge is 0.465 e. The van der Waals surface area contributed by atoms with Gasteiger partial charge in [0, 0.05) is 45.4 Å². The lowest BCUT2D eigenvalue weighted by molar-refractivity contribution is -0.139. The summed E-state index contributed by atoms with van der Waals surface area (Å²) in [4.78, 5) is 45.6. The molecule has 3 aliphatic heterocycles. The third kappa shape index (κ3) is 6.30. The Hall–Kier alpha value is -3.47. The number of hydrogen-bond acceptors (Lipinski definition) is 6. The van der Waals surface area contributed by atoms with Crippen molar-refractivity contribution in [1.29, 1.82) is 0 Å². The minimum atomic E-state index is -1.06. The van der Waals surface area contributed by atoms with Gasteiger partial charge >= 0.3 is 6.09 Å². The fourth-order valence-electron chi connectivity index (χ4n) is 7.05. The van der Waals surface area contributed by atoms with Gasteiger partial charge in [-0.05, 0) is 69.4 Å². The van der Waals surface area contributed by atoms with Gasteiger partial charge in [0.05, 0.1) is 23.3 Å². The first-order chi connectivity index (χ1) is 20.3. The number of carbonyl (C=O) groups excluding carboxylic acids is 2. The second kappa shape index (κ2) is 13.2. The molecule has 0 unspecified atom stereocenters. The number of hydrogen-bond donors (Lipinski definition) is 1. The van der Waals surface area contributed by atoms with Crippen molar-refractivity contribution in [1.82, 2.24) is 29.7 Å². The molecule has 42 heavy (non-hydrogen) atoms. The van der Waals surface area contributed by atoms with Gasteiger partial charge in [-0.3, -0.25) is 9.59 Å². The second-order valence-electron chi connectivity index (χ2n) is 12.4. The van der Waals surface area contributed by atoms with Crippen molar-refractivity contribution in [2.75, 3.05) is 33.4 Å². The fourth-order valence-corrected chi connectivity index (χ4v) is 7.05. The maximum absolute atomic E-state index is 14.4. The molecule has 3 amide bonds. The average molecular weight is 581 g/mol. The van der Waals surface area contributed by atoms with E-state index < -0.39 is 18.1 Å². The molecule has 1 aromatic carbocycles. The third-order valence-electron chi connectivity index (χ3n) is 9.00. The molecule has 0 spiro atoms. The first-order valence-electron chi connectivity index (χ1n) is 15.4. The molecule has 1 N–H and O–H groups in total. The van der Waals surface area contributed by atoms with Crippen LogP contribution in [0.4, 0.5) is 4.79 Å². The molecule has 0 radical (unpaired) electrons. The van der Waals surface area contributed by atoms with Crippen LogP contribution in [-0.2, 0) is 16.0 Å². The van der Waals surface area contributed by atoms with E-state index in [1.807, 2.05) is 49.1 Å². The molecule has 3 aliphatic rings. The molecule has 5 rings (SSSR count). The molecule has 4 heterocycles. The number of benzene rings is 1. The highest BCUT2D eigenvalue weighted by Gasteiger charge is 2.47. The lowest BCUT2D eigenvalue weighted by Gasteiger charge is -2.43. The van der Waals surface area contributed by atoms with Crippen LogP contribution in [0, 0.1) is 11.8 Å². The Balaban J connectivity index is 1.44. The zero-order valence-electron chi connectivity index (χ0n) is 25.0. The molecule has 2 aromatic rings. The van der Waals surface area contributed by atoms with Crippen LogP contribution in [0.1, 0.15) is 75.0 Å². The van der Waals surface area contributed by atoms with Crippen LogP contribution >= 0.6 is 0 Å². The first kappa shape index (κ1) is 30.0. The molecule has 1 aromatic heterocycles. The summed E-state index contributed by atoms with van der Waals surface area (Å²) >= 11 is 0. The summed E-state index contributed by atoms with van der Waals surface area (Å²) in [5.41, 5.74) is 1.83. The number of methoxy groups -OCH3 is 1. The van der Waals surface area contributed by atoms with Gasteiger partial charge in [-0.25, -0.2) is 9.48 Å².